The molecule has 0 amide bonds. The molecule has 0 N–H and O–H groups in total. The highest BCUT2D eigenvalue weighted by Crippen LogP contribution is 2.24. The van der Waals surface area contributed by atoms with Crippen molar-refractivity contribution in [1.29, 1.82) is 0 Å². The fraction of sp³-hybridized carbons (Fsp3) is 0.125. The summed E-state index contributed by atoms with van der Waals surface area (Å²) in [7, 11) is 1.68. The lowest BCUT2D eigenvalue weighted by atomic mass is 10.1. The number of benzene rings is 2. The molecule has 3 rings (SSSR count). The highest BCUT2D eigenvalue weighted by molar-refractivity contribution is 5.79. The summed E-state index contributed by atoms with van der Waals surface area (Å²) in [6.07, 6.45) is 1.86. The van der Waals surface area contributed by atoms with Crippen LogP contribution < -0.4 is 4.74 Å². The normalized spacial score (nSPS) is 10.6. The summed E-state index contributed by atoms with van der Waals surface area (Å²) in [5, 5.41) is 1.05. The molecule has 0 radical (unpaired) electrons. The summed E-state index contributed by atoms with van der Waals surface area (Å²) in [6, 6.07) is 14.0. The molecule has 0 saturated carbocycles. The number of ether oxygens (including phenoxy) is 1. The van der Waals surface area contributed by atoms with E-state index in [0.29, 0.717) is 0 Å². The van der Waals surface area contributed by atoms with Crippen molar-refractivity contribution in [3.63, 3.8) is 0 Å². The van der Waals surface area contributed by atoms with Crippen molar-refractivity contribution in [2.75, 3.05) is 7.11 Å². The first kappa shape index (κ1) is 11.7. The van der Waals surface area contributed by atoms with Gasteiger partial charge in [0.05, 0.1) is 12.6 Å². The van der Waals surface area contributed by atoms with E-state index in [1.54, 1.807) is 7.11 Å². The van der Waals surface area contributed by atoms with E-state index in [4.69, 9.17) is 4.74 Å². The van der Waals surface area contributed by atoms with Crippen LogP contribution in [0.1, 0.15) is 5.56 Å². The van der Waals surface area contributed by atoms with E-state index in [2.05, 4.69) is 9.97 Å². The highest BCUT2D eigenvalue weighted by atomic mass is 16.5. The molecule has 0 saturated heterocycles. The average Bonchev–Trinajstić information content (AvgIpc) is 2.46. The molecule has 19 heavy (non-hydrogen) atoms. The molecule has 3 heteroatoms. The first-order valence-corrected chi connectivity index (χ1v) is 6.15. The van der Waals surface area contributed by atoms with Gasteiger partial charge >= 0.3 is 0 Å². The van der Waals surface area contributed by atoms with E-state index >= 15 is 0 Å². The van der Waals surface area contributed by atoms with Crippen molar-refractivity contribution in [3.05, 3.63) is 54.2 Å². The molecule has 1 heterocycles. The molecule has 3 nitrogen and oxygen atoms in total. The van der Waals surface area contributed by atoms with Crippen LogP contribution in [-0.2, 0) is 0 Å². The Labute approximate surface area is 111 Å². The van der Waals surface area contributed by atoms with Gasteiger partial charge in [0.25, 0.3) is 0 Å². The van der Waals surface area contributed by atoms with Gasteiger partial charge in [0, 0.05) is 17.1 Å². The number of hydrogen-bond donors (Lipinski definition) is 0. The van der Waals surface area contributed by atoms with Crippen molar-refractivity contribution in [1.82, 2.24) is 9.97 Å². The number of hydrogen-bond acceptors (Lipinski definition) is 3. The van der Waals surface area contributed by atoms with Crippen LogP contribution in [0.2, 0.25) is 0 Å². The van der Waals surface area contributed by atoms with Crippen molar-refractivity contribution >= 4 is 10.9 Å². The number of aryl methyl sites for hydroxylation is 1. The van der Waals surface area contributed by atoms with Crippen molar-refractivity contribution in [2.45, 2.75) is 6.92 Å². The monoisotopic (exact) mass is 250 g/mol. The predicted molar refractivity (Wildman–Crippen MR) is 76.3 cm³/mol. The van der Waals surface area contributed by atoms with Crippen molar-refractivity contribution in [2.24, 2.45) is 0 Å². The summed E-state index contributed by atoms with van der Waals surface area (Å²) in [4.78, 5) is 9.01. The van der Waals surface area contributed by atoms with Gasteiger partial charge in [-0.3, -0.25) is 0 Å². The zero-order valence-electron chi connectivity index (χ0n) is 10.9. The first-order valence-electron chi connectivity index (χ1n) is 6.15. The molecule has 94 valence electrons. The second kappa shape index (κ2) is 4.69. The molecule has 0 aliphatic heterocycles. The van der Waals surface area contributed by atoms with Crippen LogP contribution in [0.3, 0.4) is 0 Å². The van der Waals surface area contributed by atoms with Crippen LogP contribution in [0.4, 0.5) is 0 Å². The number of methoxy groups -OCH3 is 1. The third-order valence-electron chi connectivity index (χ3n) is 3.14. The Morgan fingerprint density at radius 1 is 1.05 bits per heavy atom. The van der Waals surface area contributed by atoms with E-state index in [1.807, 2.05) is 55.6 Å². The van der Waals surface area contributed by atoms with Gasteiger partial charge in [-0.25, -0.2) is 9.97 Å². The lowest BCUT2D eigenvalue weighted by molar-refractivity contribution is 0.412. The quantitative estimate of drug-likeness (QED) is 0.696. The highest BCUT2D eigenvalue weighted by Gasteiger charge is 2.05. The predicted octanol–water partition coefficient (Wildman–Crippen LogP) is 3.61. The third-order valence-corrected chi connectivity index (χ3v) is 3.14. The van der Waals surface area contributed by atoms with Crippen LogP contribution >= 0.6 is 0 Å². The van der Waals surface area contributed by atoms with E-state index in [9.17, 15) is 0 Å². The Kier molecular flexibility index (Phi) is 2.88. The maximum atomic E-state index is 5.27. The molecule has 0 aliphatic rings. The minimum absolute atomic E-state index is 0.740. The molecule has 0 spiro atoms. The van der Waals surface area contributed by atoms with Gasteiger partial charge < -0.3 is 4.74 Å². The molecule has 1 aromatic heterocycles. The average molecular weight is 250 g/mol. The van der Waals surface area contributed by atoms with Crippen LogP contribution in [0.5, 0.6) is 5.75 Å². The zero-order valence-corrected chi connectivity index (χ0v) is 10.9. The number of nitrogens with zero attached hydrogens (tertiary/aromatic N) is 2. The van der Waals surface area contributed by atoms with Crippen molar-refractivity contribution < 1.29 is 4.74 Å². The molecule has 0 fully saturated rings. The van der Waals surface area contributed by atoms with Gasteiger partial charge in [0.1, 0.15) is 5.75 Å². The lowest BCUT2D eigenvalue weighted by Gasteiger charge is -2.07. The molecule has 0 aliphatic carbocycles. The van der Waals surface area contributed by atoms with Crippen LogP contribution in [0.15, 0.2) is 48.7 Å². The van der Waals surface area contributed by atoms with E-state index in [0.717, 1.165) is 33.6 Å². The van der Waals surface area contributed by atoms with E-state index < -0.39 is 0 Å². The maximum absolute atomic E-state index is 5.27. The van der Waals surface area contributed by atoms with E-state index in [-0.39, 0.29) is 0 Å². The largest absolute Gasteiger partial charge is 0.496 e. The number of fused-ring (bicyclic) bond motifs is 1. The van der Waals surface area contributed by atoms with Crippen molar-refractivity contribution in [3.8, 4) is 17.1 Å². The zero-order chi connectivity index (χ0) is 13.2. The summed E-state index contributed by atoms with van der Waals surface area (Å²) >= 11 is 0. The summed E-state index contributed by atoms with van der Waals surface area (Å²) < 4.78 is 5.27. The molecule has 3 aromatic rings. The smallest absolute Gasteiger partial charge is 0.159 e. The lowest BCUT2D eigenvalue weighted by Crippen LogP contribution is -1.92. The molecular weight excluding hydrogens is 236 g/mol. The Morgan fingerprint density at radius 2 is 1.89 bits per heavy atom. The van der Waals surface area contributed by atoms with Gasteiger partial charge in [-0.15, -0.1) is 0 Å². The van der Waals surface area contributed by atoms with Gasteiger partial charge in [0.15, 0.2) is 5.82 Å². The summed E-state index contributed by atoms with van der Waals surface area (Å²) in [5.74, 6) is 1.62. The number of aromatic nitrogens is 2. The van der Waals surface area contributed by atoms with Crippen LogP contribution in [0.25, 0.3) is 22.3 Å². The van der Waals surface area contributed by atoms with Gasteiger partial charge in [-0.2, -0.15) is 0 Å². The van der Waals surface area contributed by atoms with Crippen LogP contribution in [0, 0.1) is 6.92 Å². The minimum Gasteiger partial charge on any atom is -0.496 e. The first-order chi connectivity index (χ1) is 9.28. The van der Waals surface area contributed by atoms with Gasteiger partial charge in [-0.05, 0) is 36.8 Å². The Bertz CT molecular complexity index is 738. The second-order valence-electron chi connectivity index (χ2n) is 4.44. The Balaban J connectivity index is 2.11. The molecule has 2 aromatic carbocycles. The molecular formula is C16H14N2O. The topological polar surface area (TPSA) is 35.0 Å². The van der Waals surface area contributed by atoms with Gasteiger partial charge in [-0.1, -0.05) is 18.2 Å². The fourth-order valence-corrected chi connectivity index (χ4v) is 2.13. The van der Waals surface area contributed by atoms with Crippen LogP contribution in [-0.4, -0.2) is 17.1 Å². The maximum Gasteiger partial charge on any atom is 0.159 e. The fourth-order valence-electron chi connectivity index (χ4n) is 2.13. The Hall–Kier alpha value is -2.42. The van der Waals surface area contributed by atoms with E-state index in [1.165, 1.54) is 0 Å². The molecule has 0 unspecified atom stereocenters. The van der Waals surface area contributed by atoms with Gasteiger partial charge in [0.2, 0.25) is 0 Å². The molecule has 0 bridgehead atoms. The SMILES string of the molecule is COc1ccc(-c2ncc3ccccc3n2)cc1C. The Morgan fingerprint density at radius 3 is 2.68 bits per heavy atom. The number of para-hydroxylation sites is 1. The standard InChI is InChI=1S/C16H14N2O/c1-11-9-12(7-8-15(11)19-2)16-17-10-13-5-3-4-6-14(13)18-16/h3-10H,1-2H3. The number of rotatable bonds is 2. The second-order valence-corrected chi connectivity index (χ2v) is 4.44. The molecule has 0 atom stereocenters. The minimum atomic E-state index is 0.740. The summed E-state index contributed by atoms with van der Waals surface area (Å²) in [5.41, 5.74) is 3.04. The summed E-state index contributed by atoms with van der Waals surface area (Å²) in [6.45, 7) is 2.02. The third kappa shape index (κ3) is 2.15.